The van der Waals surface area contributed by atoms with Crippen molar-refractivity contribution in [3.05, 3.63) is 47.3 Å². The molecule has 0 radical (unpaired) electrons. The first kappa shape index (κ1) is 16.1. The van der Waals surface area contributed by atoms with Gasteiger partial charge in [0.15, 0.2) is 0 Å². The van der Waals surface area contributed by atoms with Gasteiger partial charge in [0.05, 0.1) is 5.69 Å². The minimum absolute atomic E-state index is 0.900. The second-order valence-electron chi connectivity index (χ2n) is 6.31. The Kier molecular flexibility index (Phi) is 4.44. The number of thiophene rings is 1. The third kappa shape index (κ3) is 3.13. The highest BCUT2D eigenvalue weighted by Crippen LogP contribution is 2.33. The number of anilines is 1. The van der Waals surface area contributed by atoms with Crippen molar-refractivity contribution in [2.45, 2.75) is 6.92 Å². The van der Waals surface area contributed by atoms with Crippen LogP contribution in [-0.2, 0) is 0 Å². The van der Waals surface area contributed by atoms with E-state index in [2.05, 4.69) is 52.3 Å². The van der Waals surface area contributed by atoms with Crippen LogP contribution in [0.2, 0.25) is 0 Å². The molecule has 1 fully saturated rings. The first-order valence-corrected chi connectivity index (χ1v) is 9.59. The van der Waals surface area contributed by atoms with Gasteiger partial charge in [0.2, 0.25) is 0 Å². The van der Waals surface area contributed by atoms with Crippen LogP contribution in [0.25, 0.3) is 21.3 Å². The van der Waals surface area contributed by atoms with E-state index in [-0.39, 0.29) is 0 Å². The van der Waals surface area contributed by atoms with Gasteiger partial charge < -0.3 is 9.80 Å². The van der Waals surface area contributed by atoms with Crippen molar-refractivity contribution in [2.75, 3.05) is 37.6 Å². The Bertz CT molecular complexity index is 912. The van der Waals surface area contributed by atoms with Crippen LogP contribution >= 0.6 is 11.3 Å². The van der Waals surface area contributed by atoms with Crippen LogP contribution in [0.15, 0.2) is 41.8 Å². The van der Waals surface area contributed by atoms with Gasteiger partial charge in [-0.2, -0.15) is 0 Å². The predicted octanol–water partition coefficient (Wildman–Crippen LogP) is 4.09. The number of fused-ring (bicyclic) bond motifs is 1. The summed E-state index contributed by atoms with van der Waals surface area (Å²) < 4.78 is 1.29. The molecule has 4 rings (SSSR count). The number of hydrogen-bond donors (Lipinski definition) is 0. The highest BCUT2D eigenvalue weighted by Gasteiger charge is 2.20. The van der Waals surface area contributed by atoms with Crippen LogP contribution in [0.4, 0.5) is 5.82 Å². The van der Waals surface area contributed by atoms with Crippen molar-refractivity contribution < 1.29 is 0 Å². The Morgan fingerprint density at radius 1 is 1.12 bits per heavy atom. The quantitative estimate of drug-likeness (QED) is 0.665. The maximum atomic E-state index is 5.47. The first-order chi connectivity index (χ1) is 12.3. The predicted molar refractivity (Wildman–Crippen MR) is 107 cm³/mol. The molecule has 2 aromatic heterocycles. The average molecular weight is 347 g/mol. The summed E-state index contributed by atoms with van der Waals surface area (Å²) in [7, 11) is 0. The van der Waals surface area contributed by atoms with E-state index < -0.39 is 0 Å². The maximum Gasteiger partial charge on any atom is 0.138 e. The van der Waals surface area contributed by atoms with Crippen LogP contribution in [0.1, 0.15) is 12.5 Å². The van der Waals surface area contributed by atoms with Crippen molar-refractivity contribution in [2.24, 2.45) is 0 Å². The third-order valence-corrected chi connectivity index (χ3v) is 5.76. The zero-order valence-corrected chi connectivity index (χ0v) is 15.2. The van der Waals surface area contributed by atoms with Crippen molar-refractivity contribution in [1.29, 1.82) is 0 Å². The summed E-state index contributed by atoms with van der Waals surface area (Å²) in [5, 5.41) is 3.42. The Morgan fingerprint density at radius 2 is 1.88 bits per heavy atom. The monoisotopic (exact) mass is 347 g/mol. The lowest BCUT2D eigenvalue weighted by molar-refractivity contribution is 0.271. The Hall–Kier alpha value is -2.35. The van der Waals surface area contributed by atoms with Crippen molar-refractivity contribution >= 4 is 27.2 Å². The van der Waals surface area contributed by atoms with Gasteiger partial charge in [0.1, 0.15) is 5.82 Å². The number of piperazine rings is 1. The van der Waals surface area contributed by atoms with Gasteiger partial charge in [-0.3, -0.25) is 0 Å². The van der Waals surface area contributed by atoms with E-state index in [4.69, 9.17) is 11.4 Å². The number of rotatable bonds is 3. The smallest absolute Gasteiger partial charge is 0.138 e. The van der Waals surface area contributed by atoms with Gasteiger partial charge in [-0.25, -0.2) is 4.98 Å². The molecule has 0 spiro atoms. The van der Waals surface area contributed by atoms with Gasteiger partial charge in [-0.05, 0) is 36.2 Å². The number of likely N-dealkylation sites (N-methyl/N-ethyl adjacent to an activating group) is 1. The third-order valence-electron chi connectivity index (χ3n) is 4.90. The summed E-state index contributed by atoms with van der Waals surface area (Å²) in [5.74, 6) is 3.79. The lowest BCUT2D eigenvalue weighted by atomic mass is 10.1. The van der Waals surface area contributed by atoms with E-state index in [1.165, 1.54) is 10.1 Å². The van der Waals surface area contributed by atoms with Gasteiger partial charge in [-0.15, -0.1) is 17.8 Å². The Morgan fingerprint density at radius 3 is 2.56 bits per heavy atom. The summed E-state index contributed by atoms with van der Waals surface area (Å²) >= 11 is 1.78. The molecule has 0 atom stereocenters. The summed E-state index contributed by atoms with van der Waals surface area (Å²) in [5.41, 5.74) is 3.03. The van der Waals surface area contributed by atoms with Gasteiger partial charge >= 0.3 is 0 Å². The minimum Gasteiger partial charge on any atom is -0.353 e. The van der Waals surface area contributed by atoms with Crippen LogP contribution in [0.5, 0.6) is 0 Å². The number of nitrogens with zero attached hydrogens (tertiary/aromatic N) is 3. The molecule has 4 heteroatoms. The zero-order valence-electron chi connectivity index (χ0n) is 14.4. The highest BCUT2D eigenvalue weighted by molar-refractivity contribution is 7.17. The topological polar surface area (TPSA) is 19.4 Å². The summed E-state index contributed by atoms with van der Waals surface area (Å²) in [4.78, 5) is 9.96. The number of aromatic nitrogens is 1. The summed E-state index contributed by atoms with van der Waals surface area (Å²) in [6, 6.07) is 12.5. The van der Waals surface area contributed by atoms with Gasteiger partial charge in [0.25, 0.3) is 0 Å². The van der Waals surface area contributed by atoms with E-state index in [9.17, 15) is 0 Å². The zero-order chi connectivity index (χ0) is 17.2. The fourth-order valence-corrected chi connectivity index (χ4v) is 4.17. The lowest BCUT2D eigenvalue weighted by Crippen LogP contribution is -2.46. The van der Waals surface area contributed by atoms with E-state index in [1.54, 1.807) is 11.3 Å². The minimum atomic E-state index is 0.900. The molecule has 1 aliphatic heterocycles. The second kappa shape index (κ2) is 6.87. The molecule has 0 N–H and O–H groups in total. The van der Waals surface area contributed by atoms with Gasteiger partial charge in [0, 0.05) is 47.4 Å². The van der Waals surface area contributed by atoms with E-state index in [1.807, 2.05) is 12.1 Å². The number of benzene rings is 1. The molecule has 3 heterocycles. The van der Waals surface area contributed by atoms with Crippen LogP contribution < -0.4 is 4.90 Å². The molecule has 0 aliphatic carbocycles. The molecule has 0 saturated carbocycles. The molecular formula is C21H21N3S. The largest absolute Gasteiger partial charge is 0.353 e. The fraction of sp³-hybridized carbons (Fsp3) is 0.286. The molecule has 126 valence electrons. The number of hydrogen-bond acceptors (Lipinski definition) is 4. The molecule has 1 aromatic carbocycles. The number of terminal acetylenes is 1. The molecule has 0 unspecified atom stereocenters. The summed E-state index contributed by atoms with van der Waals surface area (Å²) in [6.45, 7) is 7.62. The van der Waals surface area contributed by atoms with Crippen molar-refractivity contribution in [1.82, 2.24) is 9.88 Å². The molecular weight excluding hydrogens is 326 g/mol. The molecule has 25 heavy (non-hydrogen) atoms. The van der Waals surface area contributed by atoms with E-state index >= 15 is 0 Å². The van der Waals surface area contributed by atoms with Crippen LogP contribution in [0.3, 0.4) is 0 Å². The Balaban J connectivity index is 1.73. The molecule has 3 nitrogen and oxygen atoms in total. The van der Waals surface area contributed by atoms with Gasteiger partial charge in [-0.1, -0.05) is 25.0 Å². The van der Waals surface area contributed by atoms with Crippen molar-refractivity contribution in [3.8, 4) is 23.6 Å². The molecule has 0 amide bonds. The first-order valence-electron chi connectivity index (χ1n) is 8.71. The van der Waals surface area contributed by atoms with E-state index in [0.717, 1.165) is 55.4 Å². The molecule has 1 saturated heterocycles. The Labute approximate surface area is 152 Å². The fourth-order valence-electron chi connectivity index (χ4n) is 3.35. The van der Waals surface area contributed by atoms with Crippen LogP contribution in [-0.4, -0.2) is 42.6 Å². The standard InChI is InChI=1S/C21H21N3S/c1-3-16-5-7-17(8-6-16)19-15-20-18(9-14-25-20)21(22-19)24-12-10-23(4-2)11-13-24/h1,5-9,14-15H,4,10-13H2,2H3. The normalized spacial score (nSPS) is 15.4. The van der Waals surface area contributed by atoms with E-state index in [0.29, 0.717) is 0 Å². The SMILES string of the molecule is C#Cc1ccc(-c2cc3sccc3c(N3CCN(CC)CC3)n2)cc1. The highest BCUT2D eigenvalue weighted by atomic mass is 32.1. The average Bonchev–Trinajstić information content (AvgIpc) is 3.16. The second-order valence-corrected chi connectivity index (χ2v) is 7.25. The molecule has 1 aliphatic rings. The molecule has 0 bridgehead atoms. The molecule has 3 aromatic rings. The van der Waals surface area contributed by atoms with Crippen molar-refractivity contribution in [3.63, 3.8) is 0 Å². The summed E-state index contributed by atoms with van der Waals surface area (Å²) in [6.07, 6.45) is 5.47. The number of pyridine rings is 1. The lowest BCUT2D eigenvalue weighted by Gasteiger charge is -2.35. The maximum absolute atomic E-state index is 5.47. The van der Waals surface area contributed by atoms with Crippen LogP contribution in [0, 0.1) is 12.3 Å².